The van der Waals surface area contributed by atoms with Gasteiger partial charge >= 0.3 is 0 Å². The predicted octanol–water partition coefficient (Wildman–Crippen LogP) is 17.0. The van der Waals surface area contributed by atoms with Crippen molar-refractivity contribution in [3.8, 4) is 66.8 Å². The zero-order valence-electron chi connectivity index (χ0n) is 36.8. The molecule has 0 saturated heterocycles. The Morgan fingerprint density at radius 3 is 1.52 bits per heavy atom. The van der Waals surface area contributed by atoms with E-state index in [-0.39, 0.29) is 10.8 Å². The van der Waals surface area contributed by atoms with Crippen LogP contribution in [0, 0.1) is 5.41 Å². The average molecular weight is 807 g/mol. The van der Waals surface area contributed by atoms with Crippen LogP contribution in [-0.2, 0) is 11.8 Å². The van der Waals surface area contributed by atoms with Gasteiger partial charge in [-0.05, 0) is 152 Å². The molecule has 63 heavy (non-hydrogen) atoms. The van der Waals surface area contributed by atoms with Gasteiger partial charge in [-0.15, -0.1) is 0 Å². The van der Waals surface area contributed by atoms with Gasteiger partial charge in [-0.1, -0.05) is 211 Å². The van der Waals surface area contributed by atoms with E-state index in [0.29, 0.717) is 5.92 Å². The van der Waals surface area contributed by atoms with E-state index in [1.165, 1.54) is 122 Å². The third-order valence-corrected chi connectivity index (χ3v) is 14.6. The molecule has 0 nitrogen and oxygen atoms in total. The van der Waals surface area contributed by atoms with Crippen molar-refractivity contribution in [3.05, 3.63) is 233 Å². The summed E-state index contributed by atoms with van der Waals surface area (Å²) in [6.07, 6.45) is 13.0. The summed E-state index contributed by atoms with van der Waals surface area (Å²) in [7, 11) is 0. The van der Waals surface area contributed by atoms with Crippen molar-refractivity contribution in [2.45, 2.75) is 52.4 Å². The third-order valence-electron chi connectivity index (χ3n) is 14.6. The maximum atomic E-state index is 2.48. The van der Waals surface area contributed by atoms with Gasteiger partial charge < -0.3 is 0 Å². The van der Waals surface area contributed by atoms with Crippen molar-refractivity contribution in [3.63, 3.8) is 0 Å². The molecule has 0 fully saturated rings. The number of rotatable bonds is 5. The predicted molar refractivity (Wildman–Crippen MR) is 268 cm³/mol. The highest BCUT2D eigenvalue weighted by Crippen LogP contribution is 2.52. The fraction of sp³-hybridized carbons (Fsp3) is 0.143. The Kier molecular flexibility index (Phi) is 8.38. The maximum absolute atomic E-state index is 2.48. The molecule has 8 aromatic carbocycles. The van der Waals surface area contributed by atoms with E-state index in [4.69, 9.17) is 0 Å². The summed E-state index contributed by atoms with van der Waals surface area (Å²) in [5.41, 5.74) is 26.8. The first-order valence-electron chi connectivity index (χ1n) is 22.6. The largest absolute Gasteiger partial charge is 0.0759 e. The minimum atomic E-state index is -0.114. The molecule has 0 aliphatic heterocycles. The average Bonchev–Trinajstić information content (AvgIpc) is 3.54. The summed E-state index contributed by atoms with van der Waals surface area (Å²) < 4.78 is 0. The number of hydrogen-bond donors (Lipinski definition) is 0. The number of benzene rings is 8. The molecule has 0 saturated carbocycles. The summed E-state index contributed by atoms with van der Waals surface area (Å²) in [4.78, 5) is 0. The quantitative estimate of drug-likeness (QED) is 0.163. The second-order valence-electron chi connectivity index (χ2n) is 19.7. The Balaban J connectivity index is 0.779. The fourth-order valence-corrected chi connectivity index (χ4v) is 10.9. The van der Waals surface area contributed by atoms with Crippen molar-refractivity contribution < 1.29 is 0 Å². The number of allylic oxidation sites excluding steroid dienone is 7. The van der Waals surface area contributed by atoms with Crippen LogP contribution in [0.5, 0.6) is 0 Å². The first kappa shape index (κ1) is 37.7. The highest BCUT2D eigenvalue weighted by Gasteiger charge is 2.37. The molecule has 0 heterocycles. The summed E-state index contributed by atoms with van der Waals surface area (Å²) in [6, 6.07) is 61.6. The van der Waals surface area contributed by atoms with E-state index in [1.807, 2.05) is 0 Å². The molecule has 4 aliphatic rings. The summed E-state index contributed by atoms with van der Waals surface area (Å²) in [5, 5.41) is 2.55. The van der Waals surface area contributed by atoms with Gasteiger partial charge in [0.1, 0.15) is 0 Å². The highest BCUT2D eigenvalue weighted by molar-refractivity contribution is 5.89. The second kappa shape index (κ2) is 14.0. The van der Waals surface area contributed by atoms with E-state index < -0.39 is 0 Å². The van der Waals surface area contributed by atoms with Gasteiger partial charge in [-0.2, -0.15) is 0 Å². The lowest BCUT2D eigenvalue weighted by atomic mass is 9.67. The number of hydrogen-bond acceptors (Lipinski definition) is 0. The summed E-state index contributed by atoms with van der Waals surface area (Å²) >= 11 is 0. The third kappa shape index (κ3) is 6.18. The van der Waals surface area contributed by atoms with Crippen molar-refractivity contribution in [1.29, 1.82) is 0 Å². The van der Waals surface area contributed by atoms with Gasteiger partial charge in [0, 0.05) is 11.3 Å². The molecule has 12 rings (SSSR count). The first-order valence-corrected chi connectivity index (χ1v) is 22.6. The molecule has 0 N–H and O–H groups in total. The Morgan fingerprint density at radius 2 is 0.937 bits per heavy atom. The molecular weight excluding hydrogens is 757 g/mol. The number of fused-ring (bicyclic) bond motifs is 4. The molecule has 302 valence electrons. The topological polar surface area (TPSA) is 0 Å². The molecule has 0 bridgehead atoms. The van der Waals surface area contributed by atoms with Gasteiger partial charge in [-0.3, -0.25) is 0 Å². The van der Waals surface area contributed by atoms with Gasteiger partial charge in [0.05, 0.1) is 0 Å². The molecule has 1 unspecified atom stereocenters. The second-order valence-corrected chi connectivity index (χ2v) is 19.7. The van der Waals surface area contributed by atoms with Crippen LogP contribution in [0.4, 0.5) is 0 Å². The van der Waals surface area contributed by atoms with Crippen LogP contribution < -0.4 is 0 Å². The first-order chi connectivity index (χ1) is 30.6. The summed E-state index contributed by atoms with van der Waals surface area (Å²) in [5.74, 6) is 0.342. The van der Waals surface area contributed by atoms with Crippen molar-refractivity contribution in [2.24, 2.45) is 5.41 Å². The lowest BCUT2D eigenvalue weighted by molar-refractivity contribution is 0.513. The molecule has 0 radical (unpaired) electrons. The Morgan fingerprint density at radius 1 is 0.444 bits per heavy atom. The summed E-state index contributed by atoms with van der Waals surface area (Å²) in [6.45, 7) is 11.7. The maximum Gasteiger partial charge on any atom is 0.0346 e. The highest BCUT2D eigenvalue weighted by atomic mass is 14.4. The lowest BCUT2D eigenvalue weighted by Crippen LogP contribution is -2.21. The lowest BCUT2D eigenvalue weighted by Gasteiger charge is -2.37. The SMILES string of the molecule is CC(C)(C)C1=CC2=CCc3c(-c4ccc(-c5ccc(-c6ccc7c(c6)C(C)(C)c6cc(-c8ccc(-c9ccc%10ccccc%10c9)cc8)ccc6-7)cc5)cc4)ccc4c3C2C(=C1)C=C4. The van der Waals surface area contributed by atoms with Crippen LogP contribution >= 0.6 is 0 Å². The molecule has 0 spiro atoms. The Bertz CT molecular complexity index is 3310. The van der Waals surface area contributed by atoms with E-state index in [9.17, 15) is 0 Å². The Hall–Kier alpha value is -7.02. The zero-order valence-corrected chi connectivity index (χ0v) is 36.8. The van der Waals surface area contributed by atoms with Crippen LogP contribution in [0.2, 0.25) is 0 Å². The van der Waals surface area contributed by atoms with Crippen LogP contribution in [0.25, 0.3) is 83.6 Å². The molecule has 0 heteroatoms. The minimum absolute atomic E-state index is 0.114. The normalized spacial score (nSPS) is 16.5. The van der Waals surface area contributed by atoms with Crippen LogP contribution in [0.1, 0.15) is 68.4 Å². The van der Waals surface area contributed by atoms with Crippen LogP contribution in [0.3, 0.4) is 0 Å². The van der Waals surface area contributed by atoms with Gasteiger partial charge in [-0.25, -0.2) is 0 Å². The smallest absolute Gasteiger partial charge is 0.0346 e. The minimum Gasteiger partial charge on any atom is -0.0759 e. The van der Waals surface area contributed by atoms with Crippen molar-refractivity contribution >= 4 is 16.8 Å². The van der Waals surface area contributed by atoms with Crippen molar-refractivity contribution in [2.75, 3.05) is 0 Å². The van der Waals surface area contributed by atoms with Crippen LogP contribution in [0.15, 0.2) is 205 Å². The Labute approximate surface area is 372 Å². The van der Waals surface area contributed by atoms with Gasteiger partial charge in [0.2, 0.25) is 0 Å². The molecule has 8 aromatic rings. The molecule has 1 atom stereocenters. The van der Waals surface area contributed by atoms with E-state index in [0.717, 1.165) is 6.42 Å². The molecule has 0 aromatic heterocycles. The molecule has 4 aliphatic carbocycles. The van der Waals surface area contributed by atoms with Gasteiger partial charge in [0.25, 0.3) is 0 Å². The van der Waals surface area contributed by atoms with Crippen LogP contribution in [-0.4, -0.2) is 0 Å². The van der Waals surface area contributed by atoms with E-state index in [1.54, 1.807) is 0 Å². The van der Waals surface area contributed by atoms with Crippen molar-refractivity contribution in [1.82, 2.24) is 0 Å². The zero-order chi connectivity index (χ0) is 42.6. The van der Waals surface area contributed by atoms with Gasteiger partial charge in [0.15, 0.2) is 0 Å². The van der Waals surface area contributed by atoms with E-state index >= 15 is 0 Å². The van der Waals surface area contributed by atoms with E-state index in [2.05, 4.69) is 229 Å². The standard InChI is InChI=1S/C63H50/c1-62(2,3)53-35-51-25-23-46-26-30-54(57-33-29-52(36-53)60(51)61(46)57)45-21-18-41(19-22-45)40-10-12-43(13-11-40)49-27-31-55-56-32-28-50(38-59(56)63(4,5)58(55)37-49)44-16-14-42(15-17-44)48-24-20-39-8-6-7-9-47(39)34-48/h6-32,34-38,60H,33H2,1-5H3. The fourth-order valence-electron chi connectivity index (χ4n) is 10.9. The molecular formula is C63H50. The monoisotopic (exact) mass is 806 g/mol. The molecule has 0 amide bonds.